The van der Waals surface area contributed by atoms with Gasteiger partial charge in [-0.1, -0.05) is 27.7 Å². The van der Waals surface area contributed by atoms with Crippen LogP contribution in [0.4, 0.5) is 0 Å². The molecule has 19 heavy (non-hydrogen) atoms. The first kappa shape index (κ1) is 15.0. The molecule has 2 rings (SSSR count). The Morgan fingerprint density at radius 2 is 2.11 bits per heavy atom. The fraction of sp³-hybridized carbons (Fsp3) is 0.800. The van der Waals surface area contributed by atoms with Gasteiger partial charge < -0.3 is 5.32 Å². The van der Waals surface area contributed by atoms with Gasteiger partial charge in [-0.25, -0.2) is 0 Å². The van der Waals surface area contributed by atoms with E-state index in [1.807, 2.05) is 0 Å². The zero-order chi connectivity index (χ0) is 14.3. The van der Waals surface area contributed by atoms with Gasteiger partial charge in [-0.2, -0.15) is 5.10 Å². The predicted octanol–water partition coefficient (Wildman–Crippen LogP) is 3.46. The average molecular weight is 328 g/mol. The van der Waals surface area contributed by atoms with Crippen LogP contribution in [0.5, 0.6) is 0 Å². The molecule has 1 fully saturated rings. The highest BCUT2D eigenvalue weighted by Gasteiger charge is 2.44. The first-order valence-electron chi connectivity index (χ1n) is 7.26. The van der Waals surface area contributed by atoms with Crippen LogP contribution in [-0.2, 0) is 19.9 Å². The second kappa shape index (κ2) is 5.21. The molecular weight excluding hydrogens is 302 g/mol. The molecule has 1 atom stereocenters. The number of hydrogen-bond donors (Lipinski definition) is 1. The standard InChI is InChI=1S/C15H26BrN3/c1-6-11-13(16)12(19(5)18-11)10-15(14(2,3)4)8-7-9-17-15/h17H,6-10H2,1-5H3. The summed E-state index contributed by atoms with van der Waals surface area (Å²) in [5.74, 6) is 0. The Labute approximate surface area is 125 Å². The Balaban J connectivity index is 2.36. The van der Waals surface area contributed by atoms with Crippen LogP contribution >= 0.6 is 15.9 Å². The minimum atomic E-state index is 0.189. The third kappa shape index (κ3) is 2.62. The number of halogens is 1. The summed E-state index contributed by atoms with van der Waals surface area (Å²) in [6, 6.07) is 0. The Morgan fingerprint density at radius 1 is 1.42 bits per heavy atom. The minimum Gasteiger partial charge on any atom is -0.310 e. The summed E-state index contributed by atoms with van der Waals surface area (Å²) < 4.78 is 3.26. The van der Waals surface area contributed by atoms with Crippen LogP contribution in [0, 0.1) is 5.41 Å². The highest BCUT2D eigenvalue weighted by molar-refractivity contribution is 9.10. The normalized spacial score (nSPS) is 24.1. The van der Waals surface area contributed by atoms with Gasteiger partial charge in [-0.15, -0.1) is 0 Å². The van der Waals surface area contributed by atoms with E-state index in [1.54, 1.807) is 0 Å². The number of hydrogen-bond acceptors (Lipinski definition) is 2. The lowest BCUT2D eigenvalue weighted by atomic mass is 9.70. The number of nitrogens with zero attached hydrogens (tertiary/aromatic N) is 2. The third-order valence-corrected chi connectivity index (χ3v) is 5.57. The first-order valence-corrected chi connectivity index (χ1v) is 8.05. The molecule has 1 aromatic heterocycles. The molecule has 1 unspecified atom stereocenters. The quantitative estimate of drug-likeness (QED) is 0.921. The maximum Gasteiger partial charge on any atom is 0.0766 e. The maximum atomic E-state index is 4.63. The molecule has 3 nitrogen and oxygen atoms in total. The molecule has 0 amide bonds. The zero-order valence-electron chi connectivity index (χ0n) is 12.8. The number of aromatic nitrogens is 2. The second-order valence-corrected chi connectivity index (χ2v) is 7.52. The fourth-order valence-electron chi connectivity index (χ4n) is 3.16. The molecule has 2 heterocycles. The van der Waals surface area contributed by atoms with E-state index in [0.717, 1.165) is 19.4 Å². The van der Waals surface area contributed by atoms with Crippen molar-refractivity contribution in [2.24, 2.45) is 12.5 Å². The SMILES string of the molecule is CCc1nn(C)c(CC2(C(C)(C)C)CCCN2)c1Br. The van der Waals surface area contributed by atoms with Crippen molar-refractivity contribution in [3.63, 3.8) is 0 Å². The lowest BCUT2D eigenvalue weighted by molar-refractivity contribution is 0.156. The van der Waals surface area contributed by atoms with Crippen LogP contribution in [-0.4, -0.2) is 21.9 Å². The fourth-order valence-corrected chi connectivity index (χ4v) is 3.92. The van der Waals surface area contributed by atoms with Gasteiger partial charge in [0, 0.05) is 19.0 Å². The van der Waals surface area contributed by atoms with Crippen LogP contribution in [0.2, 0.25) is 0 Å². The minimum absolute atomic E-state index is 0.189. The first-order chi connectivity index (χ1) is 8.81. The lowest BCUT2D eigenvalue weighted by Gasteiger charge is -2.42. The molecule has 1 aliphatic rings. The van der Waals surface area contributed by atoms with E-state index >= 15 is 0 Å². The molecule has 1 aliphatic heterocycles. The smallest absolute Gasteiger partial charge is 0.0766 e. The van der Waals surface area contributed by atoms with Gasteiger partial charge in [0.15, 0.2) is 0 Å². The maximum absolute atomic E-state index is 4.63. The second-order valence-electron chi connectivity index (χ2n) is 6.72. The van der Waals surface area contributed by atoms with E-state index in [0.29, 0.717) is 0 Å². The Morgan fingerprint density at radius 3 is 2.53 bits per heavy atom. The van der Waals surface area contributed by atoms with E-state index in [9.17, 15) is 0 Å². The van der Waals surface area contributed by atoms with Crippen molar-refractivity contribution in [1.82, 2.24) is 15.1 Å². The van der Waals surface area contributed by atoms with Gasteiger partial charge in [0.05, 0.1) is 15.9 Å². The van der Waals surface area contributed by atoms with Crippen molar-refractivity contribution in [2.75, 3.05) is 6.54 Å². The van der Waals surface area contributed by atoms with Gasteiger partial charge in [-0.3, -0.25) is 4.68 Å². The molecule has 0 aromatic carbocycles. The molecule has 0 aliphatic carbocycles. The zero-order valence-corrected chi connectivity index (χ0v) is 14.4. The molecule has 0 bridgehead atoms. The summed E-state index contributed by atoms with van der Waals surface area (Å²) >= 11 is 3.75. The molecular formula is C15H26BrN3. The van der Waals surface area contributed by atoms with Gasteiger partial charge in [0.25, 0.3) is 0 Å². The summed E-state index contributed by atoms with van der Waals surface area (Å²) in [6.07, 6.45) is 4.54. The monoisotopic (exact) mass is 327 g/mol. The molecule has 1 aromatic rings. The highest BCUT2D eigenvalue weighted by atomic mass is 79.9. The van der Waals surface area contributed by atoms with E-state index in [1.165, 1.54) is 28.7 Å². The molecule has 1 N–H and O–H groups in total. The molecule has 0 spiro atoms. The van der Waals surface area contributed by atoms with Crippen LogP contribution in [0.25, 0.3) is 0 Å². The molecule has 1 saturated heterocycles. The van der Waals surface area contributed by atoms with Crippen LogP contribution in [0.15, 0.2) is 4.47 Å². The van der Waals surface area contributed by atoms with Gasteiger partial charge in [-0.05, 0) is 47.2 Å². The van der Waals surface area contributed by atoms with Gasteiger partial charge in [0.2, 0.25) is 0 Å². The summed E-state index contributed by atoms with van der Waals surface area (Å²) in [7, 11) is 2.06. The summed E-state index contributed by atoms with van der Waals surface area (Å²) in [5.41, 5.74) is 2.93. The Bertz CT molecular complexity index is 451. The van der Waals surface area contributed by atoms with Crippen molar-refractivity contribution < 1.29 is 0 Å². The van der Waals surface area contributed by atoms with Crippen molar-refractivity contribution in [3.05, 3.63) is 15.9 Å². The van der Waals surface area contributed by atoms with Gasteiger partial charge >= 0.3 is 0 Å². The number of aryl methyl sites for hydroxylation is 2. The van der Waals surface area contributed by atoms with Crippen LogP contribution < -0.4 is 5.32 Å². The topological polar surface area (TPSA) is 29.9 Å². The van der Waals surface area contributed by atoms with Crippen LogP contribution in [0.1, 0.15) is 51.9 Å². The molecule has 0 saturated carbocycles. The lowest BCUT2D eigenvalue weighted by Crippen LogP contribution is -2.53. The van der Waals surface area contributed by atoms with E-state index in [2.05, 4.69) is 65.8 Å². The molecule has 4 heteroatoms. The average Bonchev–Trinajstić information content (AvgIpc) is 2.89. The summed E-state index contributed by atoms with van der Waals surface area (Å²) in [4.78, 5) is 0. The summed E-state index contributed by atoms with van der Waals surface area (Å²) in [5, 5.41) is 8.40. The van der Waals surface area contributed by atoms with E-state index < -0.39 is 0 Å². The van der Waals surface area contributed by atoms with Gasteiger partial charge in [0.1, 0.15) is 0 Å². The van der Waals surface area contributed by atoms with Crippen molar-refractivity contribution in [1.29, 1.82) is 0 Å². The predicted molar refractivity (Wildman–Crippen MR) is 83.4 cm³/mol. The largest absolute Gasteiger partial charge is 0.310 e. The molecule has 108 valence electrons. The third-order valence-electron chi connectivity index (χ3n) is 4.65. The van der Waals surface area contributed by atoms with Crippen LogP contribution in [0.3, 0.4) is 0 Å². The Kier molecular flexibility index (Phi) is 4.12. The number of rotatable bonds is 3. The Hall–Kier alpha value is -0.350. The molecule has 0 radical (unpaired) electrons. The van der Waals surface area contributed by atoms with Crippen molar-refractivity contribution >= 4 is 15.9 Å². The number of nitrogens with one attached hydrogen (secondary N) is 1. The van der Waals surface area contributed by atoms with E-state index in [-0.39, 0.29) is 11.0 Å². The van der Waals surface area contributed by atoms with Crippen molar-refractivity contribution in [2.45, 2.75) is 58.9 Å². The van der Waals surface area contributed by atoms with E-state index in [4.69, 9.17) is 0 Å². The highest BCUT2D eigenvalue weighted by Crippen LogP contribution is 2.41. The van der Waals surface area contributed by atoms with Crippen molar-refractivity contribution in [3.8, 4) is 0 Å². The summed E-state index contributed by atoms with van der Waals surface area (Å²) in [6.45, 7) is 10.3.